The highest BCUT2D eigenvalue weighted by molar-refractivity contribution is 6.31. The highest BCUT2D eigenvalue weighted by Crippen LogP contribution is 2.54. The van der Waals surface area contributed by atoms with Crippen LogP contribution in [0.3, 0.4) is 0 Å². The largest absolute Gasteiger partial charge is 0.435 e. The summed E-state index contributed by atoms with van der Waals surface area (Å²) in [5.74, 6) is -0.993. The van der Waals surface area contributed by atoms with Crippen molar-refractivity contribution < 1.29 is 26.9 Å². The number of carbonyl (C=O) groups is 1. The summed E-state index contributed by atoms with van der Waals surface area (Å²) in [6, 6.07) is 5.18. The molecule has 2 fully saturated rings. The van der Waals surface area contributed by atoms with E-state index in [1.807, 2.05) is 0 Å². The monoisotopic (exact) mass is 498 g/mol. The van der Waals surface area contributed by atoms with E-state index in [0.717, 1.165) is 10.7 Å². The number of aromatic nitrogens is 4. The number of rotatable bonds is 5. The highest BCUT2D eigenvalue weighted by Gasteiger charge is 2.51. The minimum Gasteiger partial charge on any atom is -0.339 e. The van der Waals surface area contributed by atoms with Crippen LogP contribution in [0, 0.1) is 5.82 Å². The van der Waals surface area contributed by atoms with Crippen LogP contribution in [0.5, 0.6) is 0 Å². The lowest BCUT2D eigenvalue weighted by atomic mass is 9.95. The van der Waals surface area contributed by atoms with E-state index in [9.17, 15) is 22.4 Å². The van der Waals surface area contributed by atoms with Gasteiger partial charge in [-0.1, -0.05) is 28.9 Å². The summed E-state index contributed by atoms with van der Waals surface area (Å²) in [5.41, 5.74) is -1.60. The first-order chi connectivity index (χ1) is 16.2. The lowest BCUT2D eigenvalue weighted by molar-refractivity contribution is -0.142. The van der Waals surface area contributed by atoms with Gasteiger partial charge >= 0.3 is 6.18 Å². The van der Waals surface area contributed by atoms with E-state index in [1.165, 1.54) is 12.1 Å². The molecule has 1 aliphatic carbocycles. The minimum atomic E-state index is -4.73. The molecule has 1 saturated heterocycles. The smallest absolute Gasteiger partial charge is 0.339 e. The van der Waals surface area contributed by atoms with Gasteiger partial charge in [0.2, 0.25) is 5.91 Å². The second-order valence-electron chi connectivity index (χ2n) is 8.31. The number of nitrogens with zero attached hydrogens (tertiary/aromatic N) is 5. The van der Waals surface area contributed by atoms with Crippen molar-refractivity contribution in [3.63, 3.8) is 0 Å². The molecule has 13 heteroatoms. The number of hydrogen-bond donors (Lipinski definition) is 1. The molecule has 5 rings (SSSR count). The first-order valence-electron chi connectivity index (χ1n) is 10.6. The number of amides is 1. The van der Waals surface area contributed by atoms with E-state index in [4.69, 9.17) is 16.1 Å². The van der Waals surface area contributed by atoms with Crippen molar-refractivity contribution in [2.24, 2.45) is 0 Å². The van der Waals surface area contributed by atoms with Crippen molar-refractivity contribution >= 4 is 17.5 Å². The summed E-state index contributed by atoms with van der Waals surface area (Å²) in [7, 11) is 0. The van der Waals surface area contributed by atoms with Crippen molar-refractivity contribution in [1.29, 1.82) is 0 Å². The summed E-state index contributed by atoms with van der Waals surface area (Å²) in [4.78, 5) is 18.5. The van der Waals surface area contributed by atoms with Crippen LogP contribution in [0.15, 0.2) is 28.8 Å². The van der Waals surface area contributed by atoms with Gasteiger partial charge in [0.05, 0.1) is 10.4 Å². The Bertz CT molecular complexity index is 1230. The van der Waals surface area contributed by atoms with Gasteiger partial charge in [-0.15, -0.1) is 0 Å². The molecule has 2 aliphatic rings. The van der Waals surface area contributed by atoms with Crippen LogP contribution in [0.4, 0.5) is 17.6 Å². The average molecular weight is 499 g/mol. The number of carbonyl (C=O) groups excluding carboxylic acids is 1. The van der Waals surface area contributed by atoms with Gasteiger partial charge in [0.15, 0.2) is 11.5 Å². The lowest BCUT2D eigenvalue weighted by Crippen LogP contribution is -2.47. The van der Waals surface area contributed by atoms with Gasteiger partial charge in [-0.3, -0.25) is 4.79 Å². The molecule has 180 valence electrons. The molecule has 0 bridgehead atoms. The molecule has 2 aromatic heterocycles. The van der Waals surface area contributed by atoms with Crippen LogP contribution in [-0.4, -0.2) is 56.9 Å². The summed E-state index contributed by atoms with van der Waals surface area (Å²) in [6.07, 6.45) is -3.58. The molecule has 34 heavy (non-hydrogen) atoms. The first kappa shape index (κ1) is 22.8. The zero-order chi connectivity index (χ0) is 24.1. The molecule has 1 aliphatic heterocycles. The Hall–Kier alpha value is -2.99. The van der Waals surface area contributed by atoms with Crippen LogP contribution in [0.2, 0.25) is 5.02 Å². The zero-order valence-corrected chi connectivity index (χ0v) is 18.5. The fourth-order valence-corrected chi connectivity index (χ4v) is 4.43. The van der Waals surface area contributed by atoms with E-state index < -0.39 is 29.6 Å². The molecular weight excluding hydrogens is 480 g/mol. The molecule has 8 nitrogen and oxygen atoms in total. The van der Waals surface area contributed by atoms with E-state index >= 15 is 0 Å². The Morgan fingerprint density at radius 3 is 2.65 bits per heavy atom. The lowest BCUT2D eigenvalue weighted by Gasteiger charge is -2.27. The molecule has 0 unspecified atom stereocenters. The Labute approximate surface area is 195 Å². The van der Waals surface area contributed by atoms with Crippen molar-refractivity contribution in [2.75, 3.05) is 26.2 Å². The maximum atomic E-state index is 14.0. The second kappa shape index (κ2) is 8.35. The van der Waals surface area contributed by atoms with Gasteiger partial charge in [-0.2, -0.15) is 23.3 Å². The minimum absolute atomic E-state index is 0.0580. The Kier molecular flexibility index (Phi) is 5.59. The van der Waals surface area contributed by atoms with Crippen LogP contribution >= 0.6 is 11.6 Å². The Morgan fingerprint density at radius 1 is 1.24 bits per heavy atom. The fraction of sp³-hybridized carbons (Fsp3) is 0.429. The Morgan fingerprint density at radius 2 is 1.97 bits per heavy atom. The van der Waals surface area contributed by atoms with Gasteiger partial charge in [-0.05, 0) is 24.5 Å². The quantitative estimate of drug-likeness (QED) is 0.543. The standard InChI is InChI=1S/C21H19ClF4N6O2/c22-17-12(2-1-3-13(17)23)20(4-5-20)19-28-18(34-30-19)14-10-15(21(24,25)26)29-32(14)11-16(33)31-8-6-27-7-9-31/h1-3,10,27H,4-9,11H2. The fourth-order valence-electron chi connectivity index (χ4n) is 4.12. The van der Waals surface area contributed by atoms with Gasteiger partial charge in [0.1, 0.15) is 18.1 Å². The van der Waals surface area contributed by atoms with E-state index in [1.54, 1.807) is 11.0 Å². The average Bonchev–Trinajstić information content (AvgIpc) is 3.25. The number of benzene rings is 1. The van der Waals surface area contributed by atoms with Crippen molar-refractivity contribution in [3.8, 4) is 11.6 Å². The molecule has 0 atom stereocenters. The molecule has 1 N–H and O–H groups in total. The SMILES string of the molecule is O=C(Cn1nc(C(F)(F)F)cc1-c1nc(C2(c3cccc(F)c3Cl)CC2)no1)N1CCNCC1. The molecule has 3 heterocycles. The third-order valence-electron chi connectivity index (χ3n) is 6.12. The van der Waals surface area contributed by atoms with Gasteiger partial charge < -0.3 is 14.7 Å². The van der Waals surface area contributed by atoms with Crippen LogP contribution in [-0.2, 0) is 22.9 Å². The molecule has 0 spiro atoms. The summed E-state index contributed by atoms with van der Waals surface area (Å²) in [6.45, 7) is 1.68. The Balaban J connectivity index is 1.49. The van der Waals surface area contributed by atoms with Gasteiger partial charge in [0, 0.05) is 32.2 Å². The third kappa shape index (κ3) is 4.05. The van der Waals surface area contributed by atoms with Crippen molar-refractivity contribution in [3.05, 3.63) is 52.2 Å². The summed E-state index contributed by atoms with van der Waals surface area (Å²) < 4.78 is 60.4. The first-order valence-corrected chi connectivity index (χ1v) is 11.0. The number of hydrogen-bond acceptors (Lipinski definition) is 6. The number of nitrogens with one attached hydrogen (secondary N) is 1. The molecule has 3 aromatic rings. The number of halogens is 5. The molecular formula is C21H19ClF4N6O2. The normalized spacial score (nSPS) is 17.7. The van der Waals surface area contributed by atoms with Crippen LogP contribution in [0.1, 0.15) is 29.9 Å². The van der Waals surface area contributed by atoms with Gasteiger partial charge in [-0.25, -0.2) is 9.07 Å². The molecule has 1 aromatic carbocycles. The molecule has 1 saturated carbocycles. The van der Waals surface area contributed by atoms with Crippen LogP contribution in [0.25, 0.3) is 11.6 Å². The number of alkyl halides is 3. The molecule has 1 amide bonds. The summed E-state index contributed by atoms with van der Waals surface area (Å²) in [5, 5.41) is 10.6. The maximum absolute atomic E-state index is 14.0. The van der Waals surface area contributed by atoms with Gasteiger partial charge in [0.25, 0.3) is 5.89 Å². The highest BCUT2D eigenvalue weighted by atomic mass is 35.5. The topological polar surface area (TPSA) is 89.1 Å². The van der Waals surface area contributed by atoms with Crippen molar-refractivity contribution in [2.45, 2.75) is 31.0 Å². The van der Waals surface area contributed by atoms with Crippen molar-refractivity contribution in [1.82, 2.24) is 30.1 Å². The zero-order valence-electron chi connectivity index (χ0n) is 17.7. The van der Waals surface area contributed by atoms with E-state index in [0.29, 0.717) is 44.6 Å². The predicted octanol–water partition coefficient (Wildman–Crippen LogP) is 3.26. The maximum Gasteiger partial charge on any atom is 0.435 e. The third-order valence-corrected chi connectivity index (χ3v) is 6.50. The predicted molar refractivity (Wildman–Crippen MR) is 111 cm³/mol. The number of piperazine rings is 1. The summed E-state index contributed by atoms with van der Waals surface area (Å²) >= 11 is 6.15. The second-order valence-corrected chi connectivity index (χ2v) is 8.69. The molecule has 0 radical (unpaired) electrons. The van der Waals surface area contributed by atoms with E-state index in [2.05, 4.69) is 20.6 Å². The van der Waals surface area contributed by atoms with Crippen LogP contribution < -0.4 is 5.32 Å². The van der Waals surface area contributed by atoms with E-state index in [-0.39, 0.29) is 28.3 Å².